The lowest BCUT2D eigenvalue weighted by Crippen LogP contribution is -2.30. The summed E-state index contributed by atoms with van der Waals surface area (Å²) in [5.41, 5.74) is -2.87. The maximum Gasteiger partial charge on any atom is 0.0639 e. The highest BCUT2D eigenvalue weighted by molar-refractivity contribution is 4.71. The maximum absolute atomic E-state index is 9.67. The molecule has 0 saturated carbocycles. The second kappa shape index (κ2) is 2.46. The van der Waals surface area contributed by atoms with E-state index in [0.717, 1.165) is 0 Å². The molecule has 0 spiro atoms. The molecule has 2 nitrogen and oxygen atoms in total. The molecule has 0 rings (SSSR count). The molecule has 0 amide bonds. The van der Waals surface area contributed by atoms with Crippen LogP contribution < -0.4 is 0 Å². The first-order chi connectivity index (χ1) is 5.98. The molecule has 0 aromatic rings. The summed E-state index contributed by atoms with van der Waals surface area (Å²) in [5, 5.41) is 18.4. The van der Waals surface area contributed by atoms with Gasteiger partial charge in [0.15, 0.2) is 0 Å². The predicted molar refractivity (Wildman–Crippen MR) is 32.5 cm³/mol. The van der Waals surface area contributed by atoms with Crippen LogP contribution in [0.15, 0.2) is 0 Å². The zero-order valence-electron chi connectivity index (χ0n) is 10.7. The van der Waals surface area contributed by atoms with Crippen molar-refractivity contribution >= 4 is 0 Å². The van der Waals surface area contributed by atoms with E-state index in [9.17, 15) is 5.11 Å². The zero-order chi connectivity index (χ0) is 11.8. The van der Waals surface area contributed by atoms with Gasteiger partial charge in [-0.25, -0.2) is 0 Å². The van der Waals surface area contributed by atoms with Crippen LogP contribution in [0.2, 0.25) is 0 Å². The van der Waals surface area contributed by atoms with Crippen molar-refractivity contribution in [2.75, 3.05) is 6.61 Å². The minimum absolute atomic E-state index is 0.701. The van der Waals surface area contributed by atoms with Crippen LogP contribution >= 0.6 is 0 Å². The molecule has 8 heavy (non-hydrogen) atoms. The Balaban J connectivity index is 5.29. The minimum Gasteiger partial charge on any atom is -0.396 e. The maximum atomic E-state index is 9.67. The number of aliphatic hydroxyl groups excluding tert-OH is 1. The van der Waals surface area contributed by atoms with E-state index >= 15 is 0 Å². The van der Waals surface area contributed by atoms with Gasteiger partial charge in [0.1, 0.15) is 0 Å². The Kier molecular flexibility index (Phi) is 0.700. The molecule has 1 atom stereocenters. The average molecular weight is 124 g/mol. The van der Waals surface area contributed by atoms with Gasteiger partial charge >= 0.3 is 0 Å². The quantitative estimate of drug-likeness (QED) is 0.559. The van der Waals surface area contributed by atoms with Crippen LogP contribution in [-0.2, 0) is 0 Å². The van der Waals surface area contributed by atoms with Gasteiger partial charge in [0.05, 0.1) is 5.60 Å². The van der Waals surface area contributed by atoms with Crippen molar-refractivity contribution < 1.29 is 18.4 Å². The molecular weight excluding hydrogens is 104 g/mol. The lowest BCUT2D eigenvalue weighted by atomic mass is 9.94. The third kappa shape index (κ3) is 2.28. The first kappa shape index (κ1) is 2.27. The summed E-state index contributed by atoms with van der Waals surface area (Å²) in [7, 11) is 0. The second-order valence-electron chi connectivity index (χ2n) is 1.85. The zero-order valence-corrected chi connectivity index (χ0v) is 4.68. The highest BCUT2D eigenvalue weighted by atomic mass is 16.3. The molecule has 2 heteroatoms. The molecule has 0 aliphatic carbocycles. The Hall–Kier alpha value is -0.0800. The third-order valence-corrected chi connectivity index (χ3v) is 0.987. The van der Waals surface area contributed by atoms with Crippen molar-refractivity contribution in [2.45, 2.75) is 26.2 Å². The van der Waals surface area contributed by atoms with Crippen molar-refractivity contribution in [2.24, 2.45) is 5.92 Å². The van der Waals surface area contributed by atoms with Gasteiger partial charge in [-0.15, -0.1) is 0 Å². The Morgan fingerprint density at radius 3 is 2.38 bits per heavy atom. The van der Waals surface area contributed by atoms with Crippen LogP contribution in [0.5, 0.6) is 0 Å². The Morgan fingerprint density at radius 1 is 1.75 bits per heavy atom. The van der Waals surface area contributed by atoms with Crippen molar-refractivity contribution in [3.05, 3.63) is 0 Å². The van der Waals surface area contributed by atoms with E-state index in [2.05, 4.69) is 0 Å². The summed E-state index contributed by atoms with van der Waals surface area (Å²) in [6.07, 6.45) is 0. The van der Waals surface area contributed by atoms with Gasteiger partial charge in [0.25, 0.3) is 0 Å². The summed E-state index contributed by atoms with van der Waals surface area (Å²) in [6.45, 7) is -5.63. The number of hydrogen-bond donors (Lipinski definition) is 2. The van der Waals surface area contributed by atoms with E-state index in [0.29, 0.717) is 0 Å². The van der Waals surface area contributed by atoms with E-state index < -0.39 is 31.8 Å². The monoisotopic (exact) mass is 124 g/mol. The number of hydrogen-bond acceptors (Lipinski definition) is 2. The van der Waals surface area contributed by atoms with E-state index in [-0.39, 0.29) is 0 Å². The SMILES string of the molecule is [2H]C([2H])([2H])C(O)([C@H](C)CO)C([2H])([2H])[2H]. The van der Waals surface area contributed by atoms with E-state index in [1.165, 1.54) is 6.92 Å². The summed E-state index contributed by atoms with van der Waals surface area (Å²) in [5.74, 6) is -1.25. The fourth-order valence-corrected chi connectivity index (χ4v) is 0.132. The lowest BCUT2D eigenvalue weighted by Gasteiger charge is -2.23. The van der Waals surface area contributed by atoms with Crippen LogP contribution in [0.1, 0.15) is 28.9 Å². The molecule has 0 heterocycles. The van der Waals surface area contributed by atoms with Gasteiger partial charge in [-0.05, 0) is 13.7 Å². The van der Waals surface area contributed by atoms with Crippen molar-refractivity contribution in [1.82, 2.24) is 0 Å². The summed E-state index contributed by atoms with van der Waals surface area (Å²) in [4.78, 5) is 0. The van der Waals surface area contributed by atoms with Crippen LogP contribution in [0.4, 0.5) is 0 Å². The molecule has 0 unspecified atom stereocenters. The molecule has 0 aromatic heterocycles. The molecule has 0 aliphatic heterocycles. The Bertz CT molecular complexity index is 181. The molecular formula is C6H14O2. The standard InChI is InChI=1S/C6H14O2/c1-5(4-7)6(2,3)8/h5,7-8H,4H2,1-3H3/t5-/m1/s1/i2D3,3D3. The van der Waals surface area contributed by atoms with Crippen LogP contribution in [0.25, 0.3) is 0 Å². The van der Waals surface area contributed by atoms with Crippen LogP contribution in [-0.4, -0.2) is 22.4 Å². The molecule has 0 radical (unpaired) electrons. The van der Waals surface area contributed by atoms with Gasteiger partial charge in [0, 0.05) is 20.7 Å². The van der Waals surface area contributed by atoms with Crippen molar-refractivity contribution in [3.8, 4) is 0 Å². The normalized spacial score (nSPS) is 30.4. The Morgan fingerprint density at radius 2 is 2.25 bits per heavy atom. The molecule has 0 bridgehead atoms. The van der Waals surface area contributed by atoms with Gasteiger partial charge in [-0.3, -0.25) is 0 Å². The van der Waals surface area contributed by atoms with E-state index in [4.69, 9.17) is 13.3 Å². The highest BCUT2D eigenvalue weighted by Gasteiger charge is 2.20. The topological polar surface area (TPSA) is 40.5 Å². The van der Waals surface area contributed by atoms with Gasteiger partial charge in [-0.2, -0.15) is 0 Å². The molecule has 0 aliphatic rings. The summed E-state index contributed by atoms with van der Waals surface area (Å²) >= 11 is 0. The van der Waals surface area contributed by atoms with Crippen LogP contribution in [0, 0.1) is 5.92 Å². The largest absolute Gasteiger partial charge is 0.396 e. The first-order valence-corrected chi connectivity index (χ1v) is 2.31. The third-order valence-electron chi connectivity index (χ3n) is 0.987. The fraction of sp³-hybridized carbons (Fsp3) is 1.00. The van der Waals surface area contributed by atoms with Crippen molar-refractivity contribution in [1.29, 1.82) is 0 Å². The number of aliphatic hydroxyl groups is 2. The lowest BCUT2D eigenvalue weighted by molar-refractivity contribution is 0.000239. The first-order valence-electron chi connectivity index (χ1n) is 5.31. The van der Waals surface area contributed by atoms with Crippen LogP contribution in [0.3, 0.4) is 0 Å². The van der Waals surface area contributed by atoms with E-state index in [1.807, 2.05) is 0 Å². The van der Waals surface area contributed by atoms with E-state index in [1.54, 1.807) is 0 Å². The average Bonchev–Trinajstić information content (AvgIpc) is 1.97. The molecule has 2 N–H and O–H groups in total. The number of rotatable bonds is 2. The molecule has 0 aromatic carbocycles. The summed E-state index contributed by atoms with van der Waals surface area (Å²) < 4.78 is 41.9. The Labute approximate surface area is 58.6 Å². The summed E-state index contributed by atoms with van der Waals surface area (Å²) in [6, 6.07) is 0. The second-order valence-corrected chi connectivity index (χ2v) is 1.85. The predicted octanol–water partition coefficient (Wildman–Crippen LogP) is 0.386. The highest BCUT2D eigenvalue weighted by Crippen LogP contribution is 2.13. The van der Waals surface area contributed by atoms with Gasteiger partial charge in [0.2, 0.25) is 0 Å². The fourth-order valence-electron chi connectivity index (χ4n) is 0.132. The molecule has 50 valence electrons. The minimum atomic E-state index is -3.06. The smallest absolute Gasteiger partial charge is 0.0639 e. The molecule has 0 fully saturated rings. The molecule has 0 saturated heterocycles. The van der Waals surface area contributed by atoms with Crippen molar-refractivity contribution in [3.63, 3.8) is 0 Å². The van der Waals surface area contributed by atoms with Gasteiger partial charge < -0.3 is 10.2 Å². The van der Waals surface area contributed by atoms with Gasteiger partial charge in [-0.1, -0.05) is 6.92 Å².